The number of aryl methyl sites for hydroxylation is 1. The molecule has 0 unspecified atom stereocenters. The number of aromatic hydroxyl groups is 2. The van der Waals surface area contributed by atoms with Crippen LogP contribution >= 0.6 is 0 Å². The van der Waals surface area contributed by atoms with E-state index < -0.39 is 11.9 Å². The smallest absolute Gasteiger partial charge is 0.339 e. The molecular formula is C27H36O7. The average Bonchev–Trinajstić information content (AvgIpc) is 2.76. The van der Waals surface area contributed by atoms with Crippen LogP contribution in [-0.4, -0.2) is 33.9 Å². The first-order valence-electron chi connectivity index (χ1n) is 11.9. The number of rotatable bonds is 13. The molecule has 0 radical (unpaired) electrons. The van der Waals surface area contributed by atoms with E-state index in [2.05, 4.69) is 0 Å². The van der Waals surface area contributed by atoms with E-state index in [1.54, 1.807) is 6.07 Å². The second kappa shape index (κ2) is 12.9. The molecule has 0 fully saturated rings. The van der Waals surface area contributed by atoms with Gasteiger partial charge in [-0.25, -0.2) is 4.79 Å². The summed E-state index contributed by atoms with van der Waals surface area (Å²) in [6.07, 6.45) is 5.50. The van der Waals surface area contributed by atoms with Crippen LogP contribution in [0.3, 0.4) is 0 Å². The summed E-state index contributed by atoms with van der Waals surface area (Å²) in [5, 5.41) is 29.9. The number of unbranched alkanes of at least 4 members (excludes halogenated alkanes) is 3. The molecule has 0 atom stereocenters. The monoisotopic (exact) mass is 472 g/mol. The molecule has 0 aliphatic heterocycles. The van der Waals surface area contributed by atoms with Crippen LogP contribution in [0.2, 0.25) is 0 Å². The predicted octanol–water partition coefficient (Wildman–Crippen LogP) is 5.98. The molecule has 2 rings (SSSR count). The van der Waals surface area contributed by atoms with Crippen molar-refractivity contribution in [2.24, 2.45) is 0 Å². The third-order valence-electron chi connectivity index (χ3n) is 5.68. The molecular weight excluding hydrogens is 436 g/mol. The molecule has 7 heteroatoms. The number of phenols is 2. The highest BCUT2D eigenvalue weighted by atomic mass is 16.5. The van der Waals surface area contributed by atoms with Crippen LogP contribution in [0.4, 0.5) is 0 Å². The van der Waals surface area contributed by atoms with Crippen LogP contribution in [-0.2, 0) is 17.6 Å². The third-order valence-corrected chi connectivity index (χ3v) is 5.68. The number of hydrogen-bond acceptors (Lipinski definition) is 6. The molecule has 3 N–H and O–H groups in total. The van der Waals surface area contributed by atoms with Crippen molar-refractivity contribution in [3.8, 4) is 23.0 Å². The Kier molecular flexibility index (Phi) is 10.2. The first kappa shape index (κ1) is 27.0. The van der Waals surface area contributed by atoms with Gasteiger partial charge >= 0.3 is 11.9 Å². The number of carboxylic acid groups (broad SMARTS) is 1. The van der Waals surface area contributed by atoms with Crippen LogP contribution in [0.25, 0.3) is 0 Å². The van der Waals surface area contributed by atoms with Crippen molar-refractivity contribution < 1.29 is 34.4 Å². The van der Waals surface area contributed by atoms with E-state index in [9.17, 15) is 24.9 Å². The van der Waals surface area contributed by atoms with Crippen LogP contribution in [0, 0.1) is 0 Å². The Hall–Kier alpha value is -3.22. The van der Waals surface area contributed by atoms with Crippen molar-refractivity contribution in [3.63, 3.8) is 0 Å². The fourth-order valence-electron chi connectivity index (χ4n) is 3.92. The van der Waals surface area contributed by atoms with Crippen molar-refractivity contribution in [3.05, 3.63) is 46.5 Å². The van der Waals surface area contributed by atoms with Gasteiger partial charge in [-0.3, -0.25) is 4.79 Å². The molecule has 0 saturated heterocycles. The lowest BCUT2D eigenvalue weighted by molar-refractivity contribution is -0.131. The number of carbonyl (C=O) groups is 2. The normalized spacial score (nSPS) is 11.0. The fourth-order valence-corrected chi connectivity index (χ4v) is 3.92. The van der Waals surface area contributed by atoms with Crippen LogP contribution < -0.4 is 9.47 Å². The molecule has 0 saturated carbocycles. The second-order valence-corrected chi connectivity index (χ2v) is 8.75. The van der Waals surface area contributed by atoms with Gasteiger partial charge in [0.25, 0.3) is 0 Å². The number of aromatic carboxylic acids is 1. The zero-order valence-corrected chi connectivity index (χ0v) is 20.5. The third kappa shape index (κ3) is 7.14. The number of carbonyl (C=O) groups excluding carboxylic acids is 1. The van der Waals surface area contributed by atoms with Gasteiger partial charge in [0.05, 0.1) is 6.61 Å². The maximum absolute atomic E-state index is 11.6. The Balaban J connectivity index is 1.90. The number of carboxylic acids is 1. The zero-order chi connectivity index (χ0) is 25.3. The Morgan fingerprint density at radius 1 is 0.941 bits per heavy atom. The molecule has 0 aliphatic rings. The van der Waals surface area contributed by atoms with E-state index in [0.29, 0.717) is 30.8 Å². The van der Waals surface area contributed by atoms with E-state index in [1.165, 1.54) is 13.0 Å². The summed E-state index contributed by atoms with van der Waals surface area (Å²) in [4.78, 5) is 23.1. The molecule has 186 valence electrons. The fraction of sp³-hybridized carbons (Fsp3) is 0.481. The molecule has 0 aliphatic carbocycles. The van der Waals surface area contributed by atoms with Gasteiger partial charge in [-0.05, 0) is 49.3 Å². The lowest BCUT2D eigenvalue weighted by atomic mass is 9.97. The number of esters is 1. The second-order valence-electron chi connectivity index (χ2n) is 8.75. The first-order chi connectivity index (χ1) is 16.2. The van der Waals surface area contributed by atoms with Gasteiger partial charge in [-0.2, -0.15) is 0 Å². The minimum atomic E-state index is -1.15. The summed E-state index contributed by atoms with van der Waals surface area (Å²) < 4.78 is 11.2. The predicted molar refractivity (Wildman–Crippen MR) is 130 cm³/mol. The molecule has 0 spiro atoms. The lowest BCUT2D eigenvalue weighted by Gasteiger charge is -2.17. The molecule has 0 amide bonds. The van der Waals surface area contributed by atoms with E-state index in [-0.39, 0.29) is 28.7 Å². The molecule has 0 heterocycles. The van der Waals surface area contributed by atoms with E-state index in [4.69, 9.17) is 9.47 Å². The van der Waals surface area contributed by atoms with Gasteiger partial charge in [0.2, 0.25) is 0 Å². The highest BCUT2D eigenvalue weighted by molar-refractivity contribution is 5.93. The molecule has 7 nitrogen and oxygen atoms in total. The summed E-state index contributed by atoms with van der Waals surface area (Å²) in [5.74, 6) is -1.03. The average molecular weight is 473 g/mol. The molecule has 34 heavy (non-hydrogen) atoms. The Labute approximate surface area is 201 Å². The van der Waals surface area contributed by atoms with E-state index in [1.807, 2.05) is 32.9 Å². The van der Waals surface area contributed by atoms with Crippen molar-refractivity contribution >= 4 is 11.9 Å². The molecule has 2 aromatic rings. The van der Waals surface area contributed by atoms with Crippen LogP contribution in [0.5, 0.6) is 23.0 Å². The lowest BCUT2D eigenvalue weighted by Crippen LogP contribution is -2.11. The van der Waals surface area contributed by atoms with Gasteiger partial charge in [0.15, 0.2) is 17.2 Å². The highest BCUT2D eigenvalue weighted by Crippen LogP contribution is 2.37. The highest BCUT2D eigenvalue weighted by Gasteiger charge is 2.21. The maximum atomic E-state index is 11.6. The summed E-state index contributed by atoms with van der Waals surface area (Å²) >= 11 is 0. The van der Waals surface area contributed by atoms with Crippen molar-refractivity contribution in [1.29, 1.82) is 0 Å². The Bertz CT molecular complexity index is 995. The summed E-state index contributed by atoms with van der Waals surface area (Å²) in [6.45, 7) is 7.60. The number of benzene rings is 2. The summed E-state index contributed by atoms with van der Waals surface area (Å²) in [5.41, 5.74) is 2.03. The Morgan fingerprint density at radius 2 is 1.65 bits per heavy atom. The summed E-state index contributed by atoms with van der Waals surface area (Å²) in [7, 11) is 0. The minimum absolute atomic E-state index is 0.0219. The van der Waals surface area contributed by atoms with Crippen LogP contribution in [0.1, 0.15) is 92.8 Å². The van der Waals surface area contributed by atoms with Gasteiger partial charge in [-0.15, -0.1) is 0 Å². The van der Waals surface area contributed by atoms with Crippen molar-refractivity contribution in [2.75, 3.05) is 6.61 Å². The number of hydrogen-bond donors (Lipinski definition) is 3. The number of phenolic OH excluding ortho intramolecular Hbond substituents is 2. The molecule has 2 aromatic carbocycles. The Morgan fingerprint density at radius 3 is 2.26 bits per heavy atom. The van der Waals surface area contributed by atoms with Gasteiger partial charge in [0.1, 0.15) is 11.3 Å². The standard InChI is InChI=1S/C27H36O7/c1-5-10-21-23(15-14-22(27(31)32)26(21)34-18(4)28)33-16-9-7-6-8-11-19-12-13-20(17(2)3)25(30)24(19)29/h12-15,17,29-30H,5-11,16H2,1-4H3,(H,31,32). The van der Waals surface area contributed by atoms with E-state index >= 15 is 0 Å². The van der Waals surface area contributed by atoms with Crippen molar-refractivity contribution in [1.82, 2.24) is 0 Å². The van der Waals surface area contributed by atoms with Gasteiger partial charge < -0.3 is 24.8 Å². The number of ether oxygens (including phenoxy) is 2. The van der Waals surface area contributed by atoms with E-state index in [0.717, 1.165) is 43.2 Å². The molecule has 0 bridgehead atoms. The quantitative estimate of drug-likeness (QED) is 0.142. The largest absolute Gasteiger partial charge is 0.504 e. The minimum Gasteiger partial charge on any atom is -0.504 e. The topological polar surface area (TPSA) is 113 Å². The maximum Gasteiger partial charge on any atom is 0.339 e. The zero-order valence-electron chi connectivity index (χ0n) is 20.5. The summed E-state index contributed by atoms with van der Waals surface area (Å²) in [6, 6.07) is 6.78. The molecule has 0 aromatic heterocycles. The van der Waals surface area contributed by atoms with Gasteiger partial charge in [-0.1, -0.05) is 52.2 Å². The van der Waals surface area contributed by atoms with Gasteiger partial charge in [0, 0.05) is 18.1 Å². The van der Waals surface area contributed by atoms with Crippen LogP contribution in [0.15, 0.2) is 24.3 Å². The SMILES string of the molecule is CCCc1c(OCCCCCCc2ccc(C(C)C)c(O)c2O)ccc(C(=O)O)c1OC(C)=O. The first-order valence-corrected chi connectivity index (χ1v) is 11.9. The van der Waals surface area contributed by atoms with Crippen molar-refractivity contribution in [2.45, 2.75) is 78.6 Å².